The molecule has 3 rings (SSSR count). The van der Waals surface area contributed by atoms with Crippen molar-refractivity contribution in [1.82, 2.24) is 15.5 Å². The quantitative estimate of drug-likeness (QED) is 0.853. The zero-order chi connectivity index (χ0) is 15.2. The summed E-state index contributed by atoms with van der Waals surface area (Å²) in [4.78, 5) is 12.1. The molecule has 0 saturated carbocycles. The molecule has 1 aromatic carbocycles. The first-order valence-corrected chi connectivity index (χ1v) is 7.00. The van der Waals surface area contributed by atoms with E-state index in [-0.39, 0.29) is 30.7 Å². The van der Waals surface area contributed by atoms with Crippen molar-refractivity contribution in [2.45, 2.75) is 6.10 Å². The van der Waals surface area contributed by atoms with E-state index < -0.39 is 6.10 Å². The van der Waals surface area contributed by atoms with Gasteiger partial charge in [0.15, 0.2) is 0 Å². The van der Waals surface area contributed by atoms with Crippen molar-refractivity contribution < 1.29 is 14.3 Å². The van der Waals surface area contributed by atoms with Gasteiger partial charge in [0.1, 0.15) is 11.9 Å². The summed E-state index contributed by atoms with van der Waals surface area (Å²) < 4.78 is 11.0. The van der Waals surface area contributed by atoms with Crippen molar-refractivity contribution in [1.29, 1.82) is 0 Å². The fraction of sp³-hybridized carbons (Fsp3) is 0.267. The Bertz CT molecular complexity index is 640. The van der Waals surface area contributed by atoms with E-state index in [0.29, 0.717) is 30.5 Å². The first-order chi connectivity index (χ1) is 10.8. The molecule has 9 heteroatoms. The third-order valence-corrected chi connectivity index (χ3v) is 3.09. The number of ether oxygens (including phenoxy) is 2. The van der Waals surface area contributed by atoms with Gasteiger partial charge in [-0.2, -0.15) is 5.10 Å². The highest BCUT2D eigenvalue weighted by Gasteiger charge is 2.21. The number of nitrogens with one attached hydrogen (secondary N) is 2. The molecule has 1 saturated heterocycles. The van der Waals surface area contributed by atoms with E-state index >= 15 is 0 Å². The van der Waals surface area contributed by atoms with Gasteiger partial charge in [0, 0.05) is 37.1 Å². The molecule has 24 heavy (non-hydrogen) atoms. The summed E-state index contributed by atoms with van der Waals surface area (Å²) in [5.41, 5.74) is 0.639. The Labute approximate surface area is 152 Å². The third-order valence-electron chi connectivity index (χ3n) is 3.09. The molecule has 1 aliphatic heterocycles. The summed E-state index contributed by atoms with van der Waals surface area (Å²) in [7, 11) is 0. The maximum absolute atomic E-state index is 12.1. The number of halogens is 2. The van der Waals surface area contributed by atoms with Crippen LogP contribution in [-0.4, -0.2) is 41.9 Å². The van der Waals surface area contributed by atoms with Crippen LogP contribution in [0.3, 0.4) is 0 Å². The second-order valence-electron chi connectivity index (χ2n) is 4.74. The predicted molar refractivity (Wildman–Crippen MR) is 94.3 cm³/mol. The minimum atomic E-state index is -0.474. The Hall–Kier alpha value is -1.93. The number of hydrogen-bond acceptors (Lipinski definition) is 6. The molecule has 1 atom stereocenters. The number of aromatic nitrogens is 2. The third kappa shape index (κ3) is 5.61. The normalized spacial score (nSPS) is 16.2. The van der Waals surface area contributed by atoms with Crippen LogP contribution in [0.2, 0.25) is 0 Å². The van der Waals surface area contributed by atoms with Gasteiger partial charge in [-0.3, -0.25) is 4.79 Å². The molecule has 0 radical (unpaired) electrons. The number of hydrogen-bond donors (Lipinski definition) is 2. The fourth-order valence-electron chi connectivity index (χ4n) is 2.06. The van der Waals surface area contributed by atoms with E-state index in [1.165, 1.54) is 0 Å². The number of nitrogens with zero attached hydrogens (tertiary/aromatic N) is 2. The van der Waals surface area contributed by atoms with E-state index in [2.05, 4.69) is 20.8 Å². The molecule has 1 aliphatic rings. The molecular formula is C15H18Cl2N4O3. The van der Waals surface area contributed by atoms with Gasteiger partial charge in [0.05, 0.1) is 6.61 Å². The summed E-state index contributed by atoms with van der Waals surface area (Å²) in [5.74, 6) is 0.788. The summed E-state index contributed by atoms with van der Waals surface area (Å²) in [6, 6.07) is 10.5. The summed E-state index contributed by atoms with van der Waals surface area (Å²) >= 11 is 0. The number of morpholine rings is 1. The van der Waals surface area contributed by atoms with Crippen LogP contribution in [0.15, 0.2) is 42.6 Å². The molecule has 1 aromatic heterocycles. The summed E-state index contributed by atoms with van der Waals surface area (Å²) in [5, 5.41) is 13.5. The van der Waals surface area contributed by atoms with E-state index in [9.17, 15) is 4.79 Å². The van der Waals surface area contributed by atoms with Crippen molar-refractivity contribution in [3.63, 3.8) is 0 Å². The second-order valence-corrected chi connectivity index (χ2v) is 4.74. The van der Waals surface area contributed by atoms with Crippen LogP contribution in [0.25, 0.3) is 0 Å². The molecular weight excluding hydrogens is 355 g/mol. The van der Waals surface area contributed by atoms with Gasteiger partial charge in [-0.1, -0.05) is 6.07 Å². The predicted octanol–water partition coefficient (Wildman–Crippen LogP) is 2.04. The molecule has 2 N–H and O–H groups in total. The summed E-state index contributed by atoms with van der Waals surface area (Å²) in [6.07, 6.45) is 1.10. The highest BCUT2D eigenvalue weighted by atomic mass is 35.5. The van der Waals surface area contributed by atoms with Crippen molar-refractivity contribution >= 4 is 36.4 Å². The first kappa shape index (κ1) is 20.1. The molecule has 0 bridgehead atoms. The van der Waals surface area contributed by atoms with Crippen molar-refractivity contribution in [2.24, 2.45) is 0 Å². The number of benzene rings is 1. The minimum Gasteiger partial charge on any atom is -0.437 e. The first-order valence-electron chi connectivity index (χ1n) is 7.00. The van der Waals surface area contributed by atoms with E-state index in [1.807, 2.05) is 0 Å². The molecule has 0 aliphatic carbocycles. The lowest BCUT2D eigenvalue weighted by molar-refractivity contribution is -0.128. The smallest absolute Gasteiger partial charge is 0.254 e. The van der Waals surface area contributed by atoms with Gasteiger partial charge in [-0.25, -0.2) is 0 Å². The van der Waals surface area contributed by atoms with Gasteiger partial charge in [0.25, 0.3) is 5.91 Å². The van der Waals surface area contributed by atoms with Crippen LogP contribution in [-0.2, 0) is 9.53 Å². The van der Waals surface area contributed by atoms with Crippen LogP contribution < -0.4 is 15.4 Å². The number of anilines is 1. The van der Waals surface area contributed by atoms with E-state index in [4.69, 9.17) is 9.47 Å². The molecule has 1 amide bonds. The van der Waals surface area contributed by atoms with Crippen LogP contribution >= 0.6 is 24.8 Å². The van der Waals surface area contributed by atoms with Crippen LogP contribution in [0.5, 0.6) is 11.6 Å². The van der Waals surface area contributed by atoms with Gasteiger partial charge in [-0.15, -0.1) is 29.9 Å². The molecule has 130 valence electrons. The Balaban J connectivity index is 0.00000144. The number of carbonyl (C=O) groups excluding carboxylic acids is 1. The average molecular weight is 373 g/mol. The van der Waals surface area contributed by atoms with Crippen molar-refractivity contribution in [3.8, 4) is 11.6 Å². The Morgan fingerprint density at radius 3 is 2.88 bits per heavy atom. The monoisotopic (exact) mass is 372 g/mol. The van der Waals surface area contributed by atoms with Crippen molar-refractivity contribution in [2.75, 3.05) is 25.0 Å². The SMILES string of the molecule is Cl.Cl.O=C(Nc1cccc(Oc2cccnn2)c1)C1CNCCO1. The summed E-state index contributed by atoms with van der Waals surface area (Å²) in [6.45, 7) is 1.82. The molecule has 1 unspecified atom stereocenters. The zero-order valence-corrected chi connectivity index (χ0v) is 14.3. The minimum absolute atomic E-state index is 0. The lowest BCUT2D eigenvalue weighted by Gasteiger charge is -2.22. The average Bonchev–Trinajstić information content (AvgIpc) is 2.57. The highest BCUT2D eigenvalue weighted by molar-refractivity contribution is 5.94. The van der Waals surface area contributed by atoms with Gasteiger partial charge in [-0.05, 0) is 18.2 Å². The molecule has 2 heterocycles. The zero-order valence-electron chi connectivity index (χ0n) is 12.7. The molecule has 7 nitrogen and oxygen atoms in total. The maximum Gasteiger partial charge on any atom is 0.254 e. The second kappa shape index (κ2) is 10.0. The molecule has 2 aromatic rings. The Kier molecular flexibility index (Phi) is 8.42. The molecule has 1 fully saturated rings. The standard InChI is InChI=1S/C15H16N4O3.2ClH/c20-15(13-10-16-7-8-21-13)18-11-3-1-4-12(9-11)22-14-5-2-6-17-19-14;;/h1-6,9,13,16H,7-8,10H2,(H,18,20);2*1H. The van der Waals surface area contributed by atoms with Gasteiger partial charge >= 0.3 is 0 Å². The molecule has 0 spiro atoms. The number of rotatable bonds is 4. The topological polar surface area (TPSA) is 85.4 Å². The fourth-order valence-corrected chi connectivity index (χ4v) is 2.06. The maximum atomic E-state index is 12.1. The van der Waals surface area contributed by atoms with Crippen LogP contribution in [0.4, 0.5) is 5.69 Å². The number of carbonyl (C=O) groups is 1. The Morgan fingerprint density at radius 1 is 1.29 bits per heavy atom. The largest absolute Gasteiger partial charge is 0.437 e. The van der Waals surface area contributed by atoms with Crippen LogP contribution in [0, 0.1) is 0 Å². The lowest BCUT2D eigenvalue weighted by Crippen LogP contribution is -2.45. The van der Waals surface area contributed by atoms with E-state index in [1.54, 1.807) is 42.6 Å². The van der Waals surface area contributed by atoms with E-state index in [0.717, 1.165) is 6.54 Å². The van der Waals surface area contributed by atoms with Crippen LogP contribution in [0.1, 0.15) is 0 Å². The Morgan fingerprint density at radius 2 is 2.17 bits per heavy atom. The van der Waals surface area contributed by atoms with Gasteiger partial charge < -0.3 is 20.1 Å². The highest BCUT2D eigenvalue weighted by Crippen LogP contribution is 2.22. The lowest BCUT2D eigenvalue weighted by atomic mass is 10.2. The van der Waals surface area contributed by atoms with Gasteiger partial charge in [0.2, 0.25) is 5.88 Å². The number of amides is 1. The van der Waals surface area contributed by atoms with Crippen molar-refractivity contribution in [3.05, 3.63) is 42.6 Å².